The van der Waals surface area contributed by atoms with Crippen molar-refractivity contribution in [3.8, 4) is 0 Å². The molecular formula is C18H31NOS. The Labute approximate surface area is 134 Å². The molecule has 120 valence electrons. The Morgan fingerprint density at radius 3 is 2.29 bits per heavy atom. The van der Waals surface area contributed by atoms with Crippen molar-refractivity contribution < 1.29 is 4.79 Å². The highest BCUT2D eigenvalue weighted by molar-refractivity contribution is 7.09. The molecular weight excluding hydrogens is 278 g/mol. The first-order valence-corrected chi connectivity index (χ1v) is 9.28. The minimum absolute atomic E-state index is 0.0796. The molecule has 0 saturated heterocycles. The Morgan fingerprint density at radius 1 is 1.10 bits per heavy atom. The molecule has 2 nitrogen and oxygen atoms in total. The molecule has 0 fully saturated rings. The number of hydrogen-bond acceptors (Lipinski definition) is 3. The lowest BCUT2D eigenvalue weighted by molar-refractivity contribution is -0.118. The van der Waals surface area contributed by atoms with Gasteiger partial charge in [0.25, 0.3) is 0 Å². The quantitative estimate of drug-likeness (QED) is 0.519. The minimum Gasteiger partial charge on any atom is -0.299 e. The van der Waals surface area contributed by atoms with Crippen molar-refractivity contribution in [2.24, 2.45) is 0 Å². The van der Waals surface area contributed by atoms with Gasteiger partial charge in [-0.1, -0.05) is 66.2 Å². The predicted octanol–water partition coefficient (Wildman–Crippen LogP) is 5.69. The second kappa shape index (κ2) is 9.34. The molecule has 1 heterocycles. The number of unbranched alkanes of at least 4 members (excludes halogenated alkanes) is 6. The molecule has 0 aliphatic heterocycles. The van der Waals surface area contributed by atoms with Crippen molar-refractivity contribution in [2.75, 3.05) is 0 Å². The van der Waals surface area contributed by atoms with Crippen molar-refractivity contribution in [2.45, 2.75) is 90.9 Å². The first kappa shape index (κ1) is 18.3. The fraction of sp³-hybridized carbons (Fsp3) is 0.778. The van der Waals surface area contributed by atoms with Crippen LogP contribution in [-0.4, -0.2) is 10.8 Å². The van der Waals surface area contributed by atoms with E-state index in [2.05, 4.69) is 38.1 Å². The number of carbonyl (C=O) groups excluding carboxylic acids is 1. The normalized spacial score (nSPS) is 11.8. The summed E-state index contributed by atoms with van der Waals surface area (Å²) in [7, 11) is 0. The number of hydrogen-bond donors (Lipinski definition) is 0. The van der Waals surface area contributed by atoms with Crippen LogP contribution in [0.2, 0.25) is 0 Å². The molecule has 21 heavy (non-hydrogen) atoms. The lowest BCUT2D eigenvalue weighted by Gasteiger charge is -2.14. The number of Topliss-reactive ketones (excluding diaryl/α,β-unsaturated/α-hetero) is 1. The van der Waals surface area contributed by atoms with Crippen molar-refractivity contribution in [1.29, 1.82) is 0 Å². The maximum Gasteiger partial charge on any atom is 0.139 e. The average Bonchev–Trinajstić information content (AvgIpc) is 2.86. The summed E-state index contributed by atoms with van der Waals surface area (Å²) >= 11 is 1.63. The highest BCUT2D eigenvalue weighted by atomic mass is 32.1. The Kier molecular flexibility index (Phi) is 8.16. The van der Waals surface area contributed by atoms with E-state index in [9.17, 15) is 4.79 Å². The summed E-state index contributed by atoms with van der Waals surface area (Å²) in [5, 5.41) is 3.07. The molecule has 0 aromatic carbocycles. The Hall–Kier alpha value is -0.700. The summed E-state index contributed by atoms with van der Waals surface area (Å²) < 4.78 is 0. The summed E-state index contributed by atoms with van der Waals surface area (Å²) in [5.74, 6) is 0.346. The molecule has 0 aliphatic rings. The molecule has 1 aromatic heterocycles. The summed E-state index contributed by atoms with van der Waals surface area (Å²) in [5.41, 5.74) is 1.18. The van der Waals surface area contributed by atoms with E-state index in [1.54, 1.807) is 11.3 Å². The number of rotatable bonds is 10. The van der Waals surface area contributed by atoms with Gasteiger partial charge < -0.3 is 0 Å². The fourth-order valence-corrected chi connectivity index (χ4v) is 3.32. The van der Waals surface area contributed by atoms with Gasteiger partial charge in [0.1, 0.15) is 10.8 Å². The molecule has 0 atom stereocenters. The third-order valence-corrected chi connectivity index (χ3v) is 4.58. The topological polar surface area (TPSA) is 30.0 Å². The second-order valence-electron chi connectivity index (χ2n) is 6.96. The summed E-state index contributed by atoms with van der Waals surface area (Å²) in [6.45, 7) is 8.72. The molecule has 0 amide bonds. The molecule has 0 unspecified atom stereocenters. The van der Waals surface area contributed by atoms with E-state index in [0.717, 1.165) is 23.5 Å². The van der Waals surface area contributed by atoms with Crippen molar-refractivity contribution in [1.82, 2.24) is 4.98 Å². The first-order valence-electron chi connectivity index (χ1n) is 8.40. The predicted molar refractivity (Wildman–Crippen MR) is 92.1 cm³/mol. The van der Waals surface area contributed by atoms with E-state index < -0.39 is 0 Å². The minimum atomic E-state index is 0.0796. The van der Waals surface area contributed by atoms with Crippen LogP contribution < -0.4 is 0 Å². The Morgan fingerprint density at radius 2 is 1.71 bits per heavy atom. The van der Waals surface area contributed by atoms with Gasteiger partial charge in [-0.3, -0.25) is 4.79 Å². The number of aromatic nitrogens is 1. The Bertz CT molecular complexity index is 417. The second-order valence-corrected chi connectivity index (χ2v) is 7.91. The van der Waals surface area contributed by atoms with Crippen LogP contribution in [0.5, 0.6) is 0 Å². The van der Waals surface area contributed by atoms with Crippen LogP contribution >= 0.6 is 11.3 Å². The van der Waals surface area contributed by atoms with E-state index in [1.807, 2.05) is 0 Å². The Balaban J connectivity index is 2.18. The van der Waals surface area contributed by atoms with E-state index in [-0.39, 0.29) is 5.41 Å². The molecule has 0 N–H and O–H groups in total. The molecule has 3 heteroatoms. The standard InChI is InChI=1S/C18H31NOS/c1-5-6-7-8-9-10-11-12-15(20)13-17-19-16(14-21-17)18(2,3)4/h14H,5-13H2,1-4H3. The maximum atomic E-state index is 12.0. The average molecular weight is 310 g/mol. The van der Waals surface area contributed by atoms with Crippen LogP contribution in [0.15, 0.2) is 5.38 Å². The third kappa shape index (κ3) is 7.75. The van der Waals surface area contributed by atoms with Gasteiger partial charge in [-0.25, -0.2) is 4.98 Å². The fourth-order valence-electron chi connectivity index (χ4n) is 2.27. The zero-order chi connectivity index (χ0) is 15.7. The zero-order valence-corrected chi connectivity index (χ0v) is 15.0. The van der Waals surface area contributed by atoms with Crippen molar-refractivity contribution >= 4 is 17.1 Å². The van der Waals surface area contributed by atoms with Gasteiger partial charge in [-0.2, -0.15) is 0 Å². The third-order valence-electron chi connectivity index (χ3n) is 3.73. The number of nitrogens with zero attached hydrogens (tertiary/aromatic N) is 1. The molecule has 0 aliphatic carbocycles. The van der Waals surface area contributed by atoms with Gasteiger partial charge >= 0.3 is 0 Å². The summed E-state index contributed by atoms with van der Waals surface area (Å²) in [6, 6.07) is 0. The first-order chi connectivity index (χ1) is 9.93. The molecule has 0 bridgehead atoms. The molecule has 0 saturated carbocycles. The van der Waals surface area contributed by atoms with Crippen molar-refractivity contribution in [3.05, 3.63) is 16.1 Å². The number of carbonyl (C=O) groups is 1. The number of thiazole rings is 1. The molecule has 0 spiro atoms. The van der Waals surface area contributed by atoms with Crippen LogP contribution in [0, 0.1) is 0 Å². The van der Waals surface area contributed by atoms with Crippen LogP contribution in [0.4, 0.5) is 0 Å². The van der Waals surface area contributed by atoms with Crippen LogP contribution in [0.25, 0.3) is 0 Å². The molecule has 1 rings (SSSR count). The zero-order valence-electron chi connectivity index (χ0n) is 14.2. The van der Waals surface area contributed by atoms with E-state index >= 15 is 0 Å². The van der Waals surface area contributed by atoms with Gasteiger partial charge in [0.2, 0.25) is 0 Å². The summed E-state index contributed by atoms with van der Waals surface area (Å²) in [6.07, 6.45) is 10.1. The maximum absolute atomic E-state index is 12.0. The number of ketones is 1. The van der Waals surface area contributed by atoms with Crippen LogP contribution in [0.3, 0.4) is 0 Å². The van der Waals surface area contributed by atoms with Gasteiger partial charge in [-0.05, 0) is 6.42 Å². The highest BCUT2D eigenvalue weighted by Gasteiger charge is 2.18. The van der Waals surface area contributed by atoms with Crippen molar-refractivity contribution in [3.63, 3.8) is 0 Å². The smallest absolute Gasteiger partial charge is 0.139 e. The monoisotopic (exact) mass is 309 g/mol. The van der Waals surface area contributed by atoms with E-state index in [4.69, 9.17) is 0 Å². The summed E-state index contributed by atoms with van der Waals surface area (Å²) in [4.78, 5) is 16.6. The SMILES string of the molecule is CCCCCCCCCC(=O)Cc1nc(C(C)(C)C)cs1. The largest absolute Gasteiger partial charge is 0.299 e. The van der Waals surface area contributed by atoms with E-state index in [1.165, 1.54) is 38.5 Å². The lowest BCUT2D eigenvalue weighted by atomic mass is 9.93. The highest BCUT2D eigenvalue weighted by Crippen LogP contribution is 2.24. The van der Waals surface area contributed by atoms with Gasteiger partial charge in [0.05, 0.1) is 12.1 Å². The van der Waals surface area contributed by atoms with Gasteiger partial charge in [-0.15, -0.1) is 11.3 Å². The van der Waals surface area contributed by atoms with Gasteiger partial charge in [0, 0.05) is 17.2 Å². The van der Waals surface area contributed by atoms with E-state index in [0.29, 0.717) is 12.2 Å². The lowest BCUT2D eigenvalue weighted by Crippen LogP contribution is -2.12. The molecule has 0 radical (unpaired) electrons. The molecule has 1 aromatic rings. The van der Waals surface area contributed by atoms with Crippen LogP contribution in [-0.2, 0) is 16.6 Å². The van der Waals surface area contributed by atoms with Crippen LogP contribution in [0.1, 0.15) is 89.8 Å². The van der Waals surface area contributed by atoms with Gasteiger partial charge in [0.15, 0.2) is 0 Å².